The van der Waals surface area contributed by atoms with Gasteiger partial charge in [-0.25, -0.2) is 0 Å². The Labute approximate surface area is 134 Å². The van der Waals surface area contributed by atoms with Crippen LogP contribution in [0.3, 0.4) is 0 Å². The van der Waals surface area contributed by atoms with Gasteiger partial charge in [-0.15, -0.1) is 5.10 Å². The Morgan fingerprint density at radius 1 is 1.41 bits per heavy atom. The minimum atomic E-state index is -0.195. The number of hydrogen-bond donors (Lipinski definition) is 2. The number of carbonyl (C=O) groups is 1. The number of carbonyl (C=O) groups excluding carboxylic acids is 1. The summed E-state index contributed by atoms with van der Waals surface area (Å²) in [4.78, 5) is 11.9. The van der Waals surface area contributed by atoms with Crippen molar-refractivity contribution in [2.24, 2.45) is 5.73 Å². The molecule has 22 heavy (non-hydrogen) atoms. The minimum Gasteiger partial charge on any atom is -0.350 e. The molecule has 7 heteroatoms. The van der Waals surface area contributed by atoms with Crippen LogP contribution in [-0.4, -0.2) is 39.7 Å². The summed E-state index contributed by atoms with van der Waals surface area (Å²) in [6, 6.07) is 8.34. The Balaban J connectivity index is 1.67. The third-order valence-corrected chi connectivity index (χ3v) is 4.19. The number of amides is 1. The normalized spacial score (nSPS) is 10.6. The molecule has 0 aliphatic carbocycles. The fourth-order valence-electron chi connectivity index (χ4n) is 1.93. The molecular weight excluding hydrogens is 298 g/mol. The molecule has 3 N–H and O–H groups in total. The molecule has 1 aromatic carbocycles. The number of aromatic nitrogens is 3. The number of aryl methyl sites for hydroxylation is 1. The fourth-order valence-corrected chi connectivity index (χ4v) is 2.86. The first-order chi connectivity index (χ1) is 10.7. The molecule has 0 radical (unpaired) electrons. The van der Waals surface area contributed by atoms with Crippen LogP contribution in [0.25, 0.3) is 0 Å². The molecule has 0 aliphatic heterocycles. The lowest BCUT2D eigenvalue weighted by Crippen LogP contribution is -2.26. The SMILES string of the molecule is Cc1ccccc1CSCCNC(=O)c1cn(CCN)nn1. The summed E-state index contributed by atoms with van der Waals surface area (Å²) in [7, 11) is 0. The van der Waals surface area contributed by atoms with E-state index in [1.54, 1.807) is 22.6 Å². The lowest BCUT2D eigenvalue weighted by molar-refractivity contribution is 0.0951. The van der Waals surface area contributed by atoms with Gasteiger partial charge in [-0.2, -0.15) is 11.8 Å². The average molecular weight is 319 g/mol. The molecule has 1 amide bonds. The quantitative estimate of drug-likeness (QED) is 0.714. The molecule has 0 atom stereocenters. The highest BCUT2D eigenvalue weighted by molar-refractivity contribution is 7.98. The van der Waals surface area contributed by atoms with Gasteiger partial charge in [0, 0.05) is 24.6 Å². The van der Waals surface area contributed by atoms with Crippen molar-refractivity contribution in [3.8, 4) is 0 Å². The van der Waals surface area contributed by atoms with E-state index in [4.69, 9.17) is 5.73 Å². The van der Waals surface area contributed by atoms with Crippen molar-refractivity contribution >= 4 is 17.7 Å². The van der Waals surface area contributed by atoms with Crippen LogP contribution in [0.2, 0.25) is 0 Å². The standard InChI is InChI=1S/C15H21N5OS/c1-12-4-2-3-5-13(12)11-22-9-7-17-15(21)14-10-20(8-6-16)19-18-14/h2-5,10H,6-9,11,16H2,1H3,(H,17,21). The van der Waals surface area contributed by atoms with Gasteiger partial charge in [-0.1, -0.05) is 29.5 Å². The third-order valence-electron chi connectivity index (χ3n) is 3.18. The zero-order chi connectivity index (χ0) is 15.8. The van der Waals surface area contributed by atoms with Gasteiger partial charge in [-0.05, 0) is 18.1 Å². The summed E-state index contributed by atoms with van der Waals surface area (Å²) in [6.07, 6.45) is 1.61. The van der Waals surface area contributed by atoms with E-state index in [0.29, 0.717) is 25.3 Å². The molecule has 1 aromatic heterocycles. The maximum atomic E-state index is 11.9. The van der Waals surface area contributed by atoms with Crippen molar-refractivity contribution in [1.82, 2.24) is 20.3 Å². The number of hydrogen-bond acceptors (Lipinski definition) is 5. The van der Waals surface area contributed by atoms with Gasteiger partial charge < -0.3 is 11.1 Å². The van der Waals surface area contributed by atoms with Crippen LogP contribution < -0.4 is 11.1 Å². The third kappa shape index (κ3) is 4.85. The number of nitrogens with zero attached hydrogens (tertiary/aromatic N) is 3. The summed E-state index contributed by atoms with van der Waals surface area (Å²) in [6.45, 7) is 3.76. The zero-order valence-electron chi connectivity index (χ0n) is 12.7. The van der Waals surface area contributed by atoms with Gasteiger partial charge in [0.25, 0.3) is 5.91 Å². The molecular formula is C15H21N5OS. The van der Waals surface area contributed by atoms with Crippen molar-refractivity contribution in [2.45, 2.75) is 19.2 Å². The fraction of sp³-hybridized carbons (Fsp3) is 0.400. The van der Waals surface area contributed by atoms with E-state index in [2.05, 4.69) is 40.8 Å². The van der Waals surface area contributed by atoms with E-state index < -0.39 is 0 Å². The van der Waals surface area contributed by atoms with E-state index in [1.165, 1.54) is 11.1 Å². The second-order valence-corrected chi connectivity index (χ2v) is 6.00. The molecule has 2 aromatic rings. The highest BCUT2D eigenvalue weighted by Gasteiger charge is 2.09. The first-order valence-electron chi connectivity index (χ1n) is 7.21. The lowest BCUT2D eigenvalue weighted by Gasteiger charge is -2.06. The highest BCUT2D eigenvalue weighted by atomic mass is 32.2. The molecule has 2 rings (SSSR count). The maximum absolute atomic E-state index is 11.9. The van der Waals surface area contributed by atoms with E-state index in [9.17, 15) is 4.79 Å². The van der Waals surface area contributed by atoms with Crippen LogP contribution >= 0.6 is 11.8 Å². The molecule has 0 bridgehead atoms. The molecule has 118 valence electrons. The Morgan fingerprint density at radius 3 is 3.00 bits per heavy atom. The van der Waals surface area contributed by atoms with Crippen LogP contribution in [0, 0.1) is 6.92 Å². The van der Waals surface area contributed by atoms with Crippen molar-refractivity contribution < 1.29 is 4.79 Å². The first kappa shape index (κ1) is 16.5. The summed E-state index contributed by atoms with van der Waals surface area (Å²) in [5.74, 6) is 1.62. The average Bonchev–Trinajstić information content (AvgIpc) is 2.98. The number of thioether (sulfide) groups is 1. The van der Waals surface area contributed by atoms with Crippen LogP contribution in [0.5, 0.6) is 0 Å². The lowest BCUT2D eigenvalue weighted by atomic mass is 10.1. The van der Waals surface area contributed by atoms with E-state index in [-0.39, 0.29) is 5.91 Å². The second-order valence-electron chi connectivity index (χ2n) is 4.89. The molecule has 0 aliphatic rings. The van der Waals surface area contributed by atoms with Gasteiger partial charge in [-0.3, -0.25) is 9.48 Å². The highest BCUT2D eigenvalue weighted by Crippen LogP contribution is 2.15. The van der Waals surface area contributed by atoms with E-state index in [0.717, 1.165) is 11.5 Å². The van der Waals surface area contributed by atoms with Gasteiger partial charge in [0.1, 0.15) is 0 Å². The second kappa shape index (κ2) is 8.55. The van der Waals surface area contributed by atoms with Gasteiger partial charge >= 0.3 is 0 Å². The predicted octanol–water partition coefficient (Wildman–Crippen LogP) is 1.21. The summed E-state index contributed by atoms with van der Waals surface area (Å²) >= 11 is 1.80. The topological polar surface area (TPSA) is 85.8 Å². The smallest absolute Gasteiger partial charge is 0.273 e. The molecule has 0 spiro atoms. The predicted molar refractivity (Wildman–Crippen MR) is 88.8 cm³/mol. The van der Waals surface area contributed by atoms with Crippen LogP contribution in [0.4, 0.5) is 0 Å². The van der Waals surface area contributed by atoms with Gasteiger partial charge in [0.2, 0.25) is 0 Å². The Morgan fingerprint density at radius 2 is 2.23 bits per heavy atom. The number of benzene rings is 1. The number of nitrogens with one attached hydrogen (secondary N) is 1. The van der Waals surface area contributed by atoms with Crippen molar-refractivity contribution in [1.29, 1.82) is 0 Å². The van der Waals surface area contributed by atoms with Crippen molar-refractivity contribution in [2.75, 3.05) is 18.8 Å². The van der Waals surface area contributed by atoms with Gasteiger partial charge in [0.05, 0.1) is 12.7 Å². The Bertz CT molecular complexity index is 613. The molecule has 6 nitrogen and oxygen atoms in total. The van der Waals surface area contributed by atoms with Gasteiger partial charge in [0.15, 0.2) is 5.69 Å². The molecule has 0 unspecified atom stereocenters. The summed E-state index contributed by atoms with van der Waals surface area (Å²) in [5.41, 5.74) is 8.40. The Hall–Kier alpha value is -1.86. The number of nitrogens with two attached hydrogens (primary N) is 1. The molecule has 0 fully saturated rings. The summed E-state index contributed by atoms with van der Waals surface area (Å²) < 4.78 is 1.57. The van der Waals surface area contributed by atoms with E-state index >= 15 is 0 Å². The van der Waals surface area contributed by atoms with E-state index in [1.807, 2.05) is 6.07 Å². The molecule has 1 heterocycles. The molecule has 0 saturated carbocycles. The maximum Gasteiger partial charge on any atom is 0.273 e. The summed E-state index contributed by atoms with van der Waals surface area (Å²) in [5, 5.41) is 10.5. The van der Waals surface area contributed by atoms with Crippen molar-refractivity contribution in [3.63, 3.8) is 0 Å². The molecule has 0 saturated heterocycles. The van der Waals surface area contributed by atoms with Crippen LogP contribution in [0.1, 0.15) is 21.6 Å². The Kier molecular flexibility index (Phi) is 6.42. The van der Waals surface area contributed by atoms with Crippen LogP contribution in [0.15, 0.2) is 30.5 Å². The minimum absolute atomic E-state index is 0.195. The first-order valence-corrected chi connectivity index (χ1v) is 8.37. The zero-order valence-corrected chi connectivity index (χ0v) is 13.5. The van der Waals surface area contributed by atoms with Crippen molar-refractivity contribution in [3.05, 3.63) is 47.3 Å². The monoisotopic (exact) mass is 319 g/mol. The largest absolute Gasteiger partial charge is 0.350 e. The number of rotatable bonds is 8. The van der Waals surface area contributed by atoms with Crippen LogP contribution in [-0.2, 0) is 12.3 Å².